The lowest BCUT2D eigenvalue weighted by atomic mass is 10.2. The highest BCUT2D eigenvalue weighted by molar-refractivity contribution is 5.85. The molecule has 64 valence electrons. The number of benzene rings is 1. The number of hydrogen-bond donors (Lipinski definition) is 1. The first kappa shape index (κ1) is 10.4. The minimum absolute atomic E-state index is 0. The van der Waals surface area contributed by atoms with Crippen molar-refractivity contribution in [1.82, 2.24) is 0 Å². The molecule has 1 aromatic rings. The van der Waals surface area contributed by atoms with Crippen molar-refractivity contribution in [2.45, 2.75) is 0 Å². The minimum Gasteiger partial charge on any atom is -0.478 e. The Hall–Kier alpha value is -1.64. The van der Waals surface area contributed by atoms with Crippen LogP contribution in [0, 0.1) is 0 Å². The molecule has 0 unspecified atom stereocenters. The van der Waals surface area contributed by atoms with Gasteiger partial charge in [0.2, 0.25) is 0 Å². The zero-order valence-corrected chi connectivity index (χ0v) is 6.31. The van der Waals surface area contributed by atoms with Gasteiger partial charge in [-0.3, -0.25) is 4.70 Å². The SMILES string of the molecule is F.O=C(O)C=Cc1ccccc1. The first-order chi connectivity index (χ1) is 5.29. The topological polar surface area (TPSA) is 37.3 Å². The molecule has 2 nitrogen and oxygen atoms in total. The standard InChI is InChI=1S/C9H8O2.FH/c10-9(11)7-6-8-4-2-1-3-5-8;/h1-7H,(H,10,11);1H. The maximum absolute atomic E-state index is 10.1. The molecule has 12 heavy (non-hydrogen) atoms. The van der Waals surface area contributed by atoms with Gasteiger partial charge in [-0.05, 0) is 11.6 Å². The monoisotopic (exact) mass is 168 g/mol. The fraction of sp³-hybridized carbons (Fsp3) is 0. The highest BCUT2D eigenvalue weighted by Crippen LogP contribution is 1.99. The predicted molar refractivity (Wildman–Crippen MR) is 45.6 cm³/mol. The van der Waals surface area contributed by atoms with E-state index in [2.05, 4.69) is 0 Å². The molecule has 3 heteroatoms. The molecule has 1 N–H and O–H groups in total. The minimum atomic E-state index is -0.922. The van der Waals surface area contributed by atoms with Crippen LogP contribution in [0.5, 0.6) is 0 Å². The van der Waals surface area contributed by atoms with Crippen LogP contribution >= 0.6 is 0 Å². The summed E-state index contributed by atoms with van der Waals surface area (Å²) in [5, 5.41) is 8.29. The van der Waals surface area contributed by atoms with Crippen LogP contribution in [0.15, 0.2) is 36.4 Å². The lowest BCUT2D eigenvalue weighted by molar-refractivity contribution is -0.131. The predicted octanol–water partition coefficient (Wildman–Crippen LogP) is 1.94. The third-order valence-electron chi connectivity index (χ3n) is 1.22. The molecule has 0 aliphatic rings. The van der Waals surface area contributed by atoms with Crippen LogP contribution in [-0.4, -0.2) is 11.1 Å². The van der Waals surface area contributed by atoms with Gasteiger partial charge < -0.3 is 5.11 Å². The Balaban J connectivity index is 0.00000121. The van der Waals surface area contributed by atoms with Crippen LogP contribution in [0.1, 0.15) is 5.56 Å². The molecule has 0 aromatic heterocycles. The molecule has 1 rings (SSSR count). The maximum Gasteiger partial charge on any atom is 0.328 e. The van der Waals surface area contributed by atoms with Gasteiger partial charge in [-0.15, -0.1) is 0 Å². The average molecular weight is 168 g/mol. The van der Waals surface area contributed by atoms with E-state index >= 15 is 0 Å². The first-order valence-corrected chi connectivity index (χ1v) is 3.25. The first-order valence-electron chi connectivity index (χ1n) is 3.25. The van der Waals surface area contributed by atoms with Gasteiger partial charge in [0.15, 0.2) is 0 Å². The summed E-state index contributed by atoms with van der Waals surface area (Å²) in [6, 6.07) is 9.31. The summed E-state index contributed by atoms with van der Waals surface area (Å²) in [6.45, 7) is 0. The maximum atomic E-state index is 10.1. The van der Waals surface area contributed by atoms with Crippen molar-refractivity contribution in [2.75, 3.05) is 0 Å². The highest BCUT2D eigenvalue weighted by atomic mass is 19.0. The Bertz CT molecular complexity index is 267. The number of rotatable bonds is 2. The summed E-state index contributed by atoms with van der Waals surface area (Å²) in [4.78, 5) is 10.1. The number of halogens is 1. The molecule has 1 aromatic carbocycles. The van der Waals surface area contributed by atoms with E-state index in [1.165, 1.54) is 0 Å². The van der Waals surface area contributed by atoms with E-state index in [9.17, 15) is 4.79 Å². The van der Waals surface area contributed by atoms with Crippen LogP contribution in [0.2, 0.25) is 0 Å². The van der Waals surface area contributed by atoms with Gasteiger partial charge in [-0.2, -0.15) is 0 Å². The molecule has 0 fully saturated rings. The second-order valence-corrected chi connectivity index (χ2v) is 2.08. The normalized spacial score (nSPS) is 9.33. The van der Waals surface area contributed by atoms with Gasteiger partial charge in [-0.25, -0.2) is 4.79 Å². The van der Waals surface area contributed by atoms with Crippen molar-refractivity contribution >= 4 is 12.0 Å². The molecular formula is C9H9FO2. The number of carbonyl (C=O) groups is 1. The van der Waals surface area contributed by atoms with Crippen molar-refractivity contribution < 1.29 is 14.6 Å². The van der Waals surface area contributed by atoms with Crippen LogP contribution in [-0.2, 0) is 4.79 Å². The molecule has 0 saturated carbocycles. The van der Waals surface area contributed by atoms with E-state index in [4.69, 9.17) is 5.11 Å². The lowest BCUT2D eigenvalue weighted by Crippen LogP contribution is -1.85. The molecule has 0 aliphatic carbocycles. The molecule has 0 saturated heterocycles. The Morgan fingerprint density at radius 2 is 1.83 bits per heavy atom. The highest BCUT2D eigenvalue weighted by Gasteiger charge is 1.85. The van der Waals surface area contributed by atoms with Gasteiger partial charge in [0.25, 0.3) is 0 Å². The summed E-state index contributed by atoms with van der Waals surface area (Å²) in [5.74, 6) is -0.922. The van der Waals surface area contributed by atoms with Crippen molar-refractivity contribution in [2.24, 2.45) is 0 Å². The van der Waals surface area contributed by atoms with E-state index < -0.39 is 5.97 Å². The van der Waals surface area contributed by atoms with Gasteiger partial charge in [0, 0.05) is 6.08 Å². The Morgan fingerprint density at radius 3 is 2.33 bits per heavy atom. The summed E-state index contributed by atoms with van der Waals surface area (Å²) >= 11 is 0. The fourth-order valence-corrected chi connectivity index (χ4v) is 0.732. The van der Waals surface area contributed by atoms with E-state index in [-0.39, 0.29) is 4.70 Å². The van der Waals surface area contributed by atoms with Crippen LogP contribution in [0.4, 0.5) is 4.70 Å². The summed E-state index contributed by atoms with van der Waals surface area (Å²) in [5.41, 5.74) is 0.898. The second kappa shape index (κ2) is 5.07. The number of hydrogen-bond acceptors (Lipinski definition) is 1. The Labute approximate surface area is 69.5 Å². The van der Waals surface area contributed by atoms with Crippen molar-refractivity contribution in [3.05, 3.63) is 42.0 Å². The van der Waals surface area contributed by atoms with Crippen molar-refractivity contribution in [3.8, 4) is 0 Å². The van der Waals surface area contributed by atoms with E-state index in [1.54, 1.807) is 6.08 Å². The molecule has 0 spiro atoms. The van der Waals surface area contributed by atoms with Crippen molar-refractivity contribution in [3.63, 3.8) is 0 Å². The van der Waals surface area contributed by atoms with Gasteiger partial charge in [0.1, 0.15) is 0 Å². The molecular weight excluding hydrogens is 159 g/mol. The summed E-state index contributed by atoms with van der Waals surface area (Å²) in [7, 11) is 0. The quantitative estimate of drug-likeness (QED) is 0.685. The fourth-order valence-electron chi connectivity index (χ4n) is 0.732. The smallest absolute Gasteiger partial charge is 0.328 e. The van der Waals surface area contributed by atoms with E-state index in [0.29, 0.717) is 0 Å². The van der Waals surface area contributed by atoms with Gasteiger partial charge in [0.05, 0.1) is 0 Å². The zero-order chi connectivity index (χ0) is 8.10. The van der Waals surface area contributed by atoms with E-state index in [0.717, 1.165) is 11.6 Å². The summed E-state index contributed by atoms with van der Waals surface area (Å²) < 4.78 is 0. The third-order valence-corrected chi connectivity index (χ3v) is 1.22. The molecule has 0 amide bonds. The second-order valence-electron chi connectivity index (χ2n) is 2.08. The van der Waals surface area contributed by atoms with Crippen LogP contribution in [0.25, 0.3) is 6.08 Å². The molecule has 0 radical (unpaired) electrons. The Kier molecular flexibility index (Phi) is 4.38. The third kappa shape index (κ3) is 3.51. The molecule has 0 aliphatic heterocycles. The largest absolute Gasteiger partial charge is 0.478 e. The Morgan fingerprint density at radius 1 is 1.25 bits per heavy atom. The molecule has 0 bridgehead atoms. The molecule has 0 atom stereocenters. The lowest BCUT2D eigenvalue weighted by Gasteiger charge is -1.87. The van der Waals surface area contributed by atoms with E-state index in [1.807, 2.05) is 30.3 Å². The number of carboxylic acid groups (broad SMARTS) is 1. The van der Waals surface area contributed by atoms with Gasteiger partial charge >= 0.3 is 5.97 Å². The average Bonchev–Trinajstić information content (AvgIpc) is 2.03. The van der Waals surface area contributed by atoms with Crippen molar-refractivity contribution in [1.29, 1.82) is 0 Å². The number of aliphatic carboxylic acids is 1. The summed E-state index contributed by atoms with van der Waals surface area (Å²) in [6.07, 6.45) is 2.68. The molecule has 0 heterocycles. The number of carboxylic acids is 1. The zero-order valence-electron chi connectivity index (χ0n) is 6.31. The van der Waals surface area contributed by atoms with Gasteiger partial charge in [-0.1, -0.05) is 30.3 Å². The van der Waals surface area contributed by atoms with Crippen LogP contribution in [0.3, 0.4) is 0 Å². The van der Waals surface area contributed by atoms with Crippen LogP contribution < -0.4 is 0 Å².